The molecule has 3 aromatic heterocycles. The van der Waals surface area contributed by atoms with Gasteiger partial charge in [0, 0.05) is 32.4 Å². The fraction of sp³-hybridized carbons (Fsp3) is 0.185. The first kappa shape index (κ1) is 29.5. The maximum atomic E-state index is 14.4. The lowest BCUT2D eigenvalue weighted by molar-refractivity contribution is -0.127. The van der Waals surface area contributed by atoms with Crippen LogP contribution in [0.15, 0.2) is 59.8 Å². The van der Waals surface area contributed by atoms with Crippen LogP contribution in [-0.2, 0) is 24.0 Å². The van der Waals surface area contributed by atoms with E-state index in [0.29, 0.717) is 22.2 Å². The summed E-state index contributed by atoms with van der Waals surface area (Å²) in [4.78, 5) is 17.5. The van der Waals surface area contributed by atoms with E-state index in [9.17, 15) is 31.7 Å². The molecule has 0 spiro atoms. The number of aromatic amines is 2. The number of aromatic nitrogens is 5. The number of phenols is 1. The Hall–Kier alpha value is -4.99. The molecule has 1 amide bonds. The highest BCUT2D eigenvalue weighted by Crippen LogP contribution is 2.36. The van der Waals surface area contributed by atoms with Gasteiger partial charge < -0.3 is 15.7 Å². The Balaban J connectivity index is 1.59. The molecule has 0 bridgehead atoms. The van der Waals surface area contributed by atoms with Crippen molar-refractivity contribution < 1.29 is 31.7 Å². The van der Waals surface area contributed by atoms with Crippen LogP contribution in [0.5, 0.6) is 5.75 Å². The van der Waals surface area contributed by atoms with E-state index in [1.54, 1.807) is 31.3 Å². The van der Waals surface area contributed by atoms with Crippen LogP contribution in [0.4, 0.5) is 29.1 Å². The molecule has 0 aliphatic rings. The van der Waals surface area contributed by atoms with Gasteiger partial charge in [0.15, 0.2) is 28.2 Å². The summed E-state index contributed by atoms with van der Waals surface area (Å²) in [6.45, 7) is 0.0758. The number of phenolic OH excluding ortho intramolecular Hbond substituents is 1. The topological polar surface area (TPSA) is 152 Å². The number of benzene rings is 2. The molecule has 0 aliphatic heterocycles. The largest absolute Gasteiger partial charge is 0.505 e. The summed E-state index contributed by atoms with van der Waals surface area (Å²) in [6.07, 6.45) is -3.15. The molecule has 2 aromatic carbocycles. The second kappa shape index (κ2) is 11.7. The predicted octanol–water partition coefficient (Wildman–Crippen LogP) is 4.43. The second-order valence-corrected chi connectivity index (χ2v) is 10.9. The molecule has 3 heterocycles. The molecule has 5 rings (SSSR count). The van der Waals surface area contributed by atoms with Crippen LogP contribution in [0.1, 0.15) is 21.6 Å². The number of hydrogen-bond donors (Lipinski definition) is 5. The molecule has 224 valence electrons. The molecule has 0 fully saturated rings. The summed E-state index contributed by atoms with van der Waals surface area (Å²) in [7, 11) is 1.45. The highest BCUT2D eigenvalue weighted by atomic mass is 32.2. The number of carbonyl (C=O) groups excluding carboxylic acids is 1. The van der Waals surface area contributed by atoms with Crippen molar-refractivity contribution in [3.8, 4) is 17.0 Å². The van der Waals surface area contributed by atoms with Crippen LogP contribution in [0, 0.1) is 5.82 Å². The average Bonchev–Trinajstić information content (AvgIpc) is 3.67. The Labute approximate surface area is 243 Å². The lowest BCUT2D eigenvalue weighted by Gasteiger charge is -2.21. The normalized spacial score (nSPS) is 12.3. The molecule has 43 heavy (non-hydrogen) atoms. The van der Waals surface area contributed by atoms with Crippen molar-refractivity contribution in [3.05, 3.63) is 77.5 Å². The smallest absolute Gasteiger partial charge is 0.393 e. The highest BCUT2D eigenvalue weighted by molar-refractivity contribution is 7.86. The quantitative estimate of drug-likeness (QED) is 0.154. The van der Waals surface area contributed by atoms with E-state index in [0.717, 1.165) is 6.07 Å². The van der Waals surface area contributed by atoms with Crippen molar-refractivity contribution in [2.45, 2.75) is 24.0 Å². The minimum Gasteiger partial charge on any atom is -0.505 e. The fourth-order valence-corrected chi connectivity index (χ4v) is 5.50. The lowest BCUT2D eigenvalue weighted by Crippen LogP contribution is -2.22. The van der Waals surface area contributed by atoms with Gasteiger partial charge in [0.05, 0.1) is 39.8 Å². The number of alkyl halides is 3. The first-order valence-electron chi connectivity index (χ1n) is 12.6. The van der Waals surface area contributed by atoms with E-state index in [1.165, 1.54) is 29.8 Å². The van der Waals surface area contributed by atoms with E-state index in [-0.39, 0.29) is 40.2 Å². The van der Waals surface area contributed by atoms with Crippen LogP contribution in [0.3, 0.4) is 0 Å². The maximum Gasteiger partial charge on any atom is 0.393 e. The number of nitrogens with zero attached hydrogens (tertiary/aromatic N) is 4. The summed E-state index contributed by atoms with van der Waals surface area (Å²) in [5.41, 5.74) is 0.802. The van der Waals surface area contributed by atoms with Gasteiger partial charge in [0.2, 0.25) is 0 Å². The number of anilines is 2. The SMILES string of the molecule is CNC(=O)c1n[nH]c2cc(-c3cc(F)c(O)cc3CC(F)(F)F)nc(NCc3ccccc3N(C)S(=O)c3cn[nH]c3)c12. The molecule has 0 radical (unpaired) electrons. The number of pyridine rings is 1. The van der Waals surface area contributed by atoms with Gasteiger partial charge in [-0.3, -0.25) is 19.3 Å². The number of amides is 1. The number of nitrogens with one attached hydrogen (secondary N) is 4. The van der Waals surface area contributed by atoms with Crippen molar-refractivity contribution in [2.75, 3.05) is 23.7 Å². The Bertz CT molecular complexity index is 1830. The molecule has 1 unspecified atom stereocenters. The standard InChI is InChI=1S/C27H24F4N8O3S/c1-32-26(41)24-23-20(37-38-24)9-19(17-8-18(28)22(40)7-15(17)10-27(29,30)31)36-25(23)33-11-14-5-3-4-6-21(14)39(2)43(42)16-12-34-35-13-16/h3-9,12-13,40H,10-11H2,1-2H3,(H,32,41)(H,33,36)(H,34,35)(H,37,38). The third-order valence-electron chi connectivity index (χ3n) is 6.53. The summed E-state index contributed by atoms with van der Waals surface area (Å²) in [5, 5.41) is 28.8. The van der Waals surface area contributed by atoms with Gasteiger partial charge in [0.25, 0.3) is 5.91 Å². The number of carbonyl (C=O) groups is 1. The number of halogens is 4. The monoisotopic (exact) mass is 616 g/mol. The van der Waals surface area contributed by atoms with E-state index >= 15 is 0 Å². The van der Waals surface area contributed by atoms with Crippen molar-refractivity contribution in [1.82, 2.24) is 30.7 Å². The maximum absolute atomic E-state index is 14.4. The van der Waals surface area contributed by atoms with Crippen molar-refractivity contribution in [2.24, 2.45) is 0 Å². The summed E-state index contributed by atoms with van der Waals surface area (Å²) in [6, 6.07) is 9.90. The first-order valence-corrected chi connectivity index (χ1v) is 13.7. The molecule has 0 saturated heterocycles. The predicted molar refractivity (Wildman–Crippen MR) is 151 cm³/mol. The first-order chi connectivity index (χ1) is 20.5. The molecule has 0 aliphatic carbocycles. The van der Waals surface area contributed by atoms with Gasteiger partial charge in [-0.25, -0.2) is 13.6 Å². The minimum absolute atomic E-state index is 0.0297. The third-order valence-corrected chi connectivity index (χ3v) is 7.85. The minimum atomic E-state index is -4.66. The van der Waals surface area contributed by atoms with Crippen molar-refractivity contribution in [3.63, 3.8) is 0 Å². The molecule has 5 aromatic rings. The Morgan fingerprint density at radius 2 is 1.93 bits per heavy atom. The van der Waals surface area contributed by atoms with Gasteiger partial charge in [-0.2, -0.15) is 23.4 Å². The van der Waals surface area contributed by atoms with Gasteiger partial charge in [-0.1, -0.05) is 18.2 Å². The zero-order valence-electron chi connectivity index (χ0n) is 22.6. The number of aromatic hydroxyl groups is 1. The zero-order valence-corrected chi connectivity index (χ0v) is 23.4. The molecule has 11 nitrogen and oxygen atoms in total. The fourth-order valence-electron chi connectivity index (χ4n) is 4.53. The Morgan fingerprint density at radius 1 is 1.16 bits per heavy atom. The van der Waals surface area contributed by atoms with Crippen molar-refractivity contribution in [1.29, 1.82) is 0 Å². The molecule has 5 N–H and O–H groups in total. The van der Waals surface area contributed by atoms with Crippen LogP contribution in [-0.4, -0.2) is 60.9 Å². The highest BCUT2D eigenvalue weighted by Gasteiger charge is 2.31. The van der Waals surface area contributed by atoms with Crippen molar-refractivity contribution >= 4 is 39.3 Å². The Morgan fingerprint density at radius 3 is 2.63 bits per heavy atom. The van der Waals surface area contributed by atoms with Crippen LogP contribution in [0.2, 0.25) is 0 Å². The molecule has 16 heteroatoms. The average molecular weight is 617 g/mol. The number of H-pyrrole nitrogens is 2. The van der Waals surface area contributed by atoms with Gasteiger partial charge in [-0.15, -0.1) is 0 Å². The van der Waals surface area contributed by atoms with Gasteiger partial charge in [-0.05, 0) is 35.4 Å². The second-order valence-electron chi connectivity index (χ2n) is 9.35. The van der Waals surface area contributed by atoms with Gasteiger partial charge >= 0.3 is 6.18 Å². The summed E-state index contributed by atoms with van der Waals surface area (Å²) in [5.74, 6) is -2.54. The third kappa shape index (κ3) is 6.13. The molecule has 1 atom stereocenters. The molecular formula is C27H24F4N8O3S. The number of fused-ring (bicyclic) bond motifs is 1. The zero-order chi connectivity index (χ0) is 30.9. The van der Waals surface area contributed by atoms with Crippen LogP contribution < -0.4 is 14.9 Å². The van der Waals surface area contributed by atoms with Crippen LogP contribution >= 0.6 is 0 Å². The summed E-state index contributed by atoms with van der Waals surface area (Å²) < 4.78 is 69.2. The Kier molecular flexibility index (Phi) is 8.04. The van der Waals surface area contributed by atoms with E-state index in [1.807, 2.05) is 0 Å². The summed E-state index contributed by atoms with van der Waals surface area (Å²) >= 11 is 0. The van der Waals surface area contributed by atoms with E-state index < -0.39 is 46.6 Å². The molecular weight excluding hydrogens is 592 g/mol. The number of para-hydroxylation sites is 1. The van der Waals surface area contributed by atoms with Crippen LogP contribution in [0.25, 0.3) is 22.2 Å². The lowest BCUT2D eigenvalue weighted by atomic mass is 9.99. The van der Waals surface area contributed by atoms with E-state index in [4.69, 9.17) is 0 Å². The molecule has 0 saturated carbocycles. The number of rotatable bonds is 9. The number of hydrogen-bond acceptors (Lipinski definition) is 7. The van der Waals surface area contributed by atoms with Gasteiger partial charge in [0.1, 0.15) is 5.82 Å². The van der Waals surface area contributed by atoms with E-state index in [2.05, 4.69) is 36.0 Å².